The Kier molecular flexibility index (Phi) is 3.49. The van der Waals surface area contributed by atoms with Crippen molar-refractivity contribution in [1.82, 2.24) is 10.3 Å². The number of anilines is 2. The Hall–Kier alpha value is -2.15. The molecule has 24 heavy (non-hydrogen) atoms. The maximum atomic E-state index is 12.9. The van der Waals surface area contributed by atoms with Crippen LogP contribution in [-0.2, 0) is 4.79 Å². The Labute approximate surface area is 147 Å². The monoisotopic (exact) mass is 388 g/mol. The van der Waals surface area contributed by atoms with E-state index in [2.05, 4.69) is 50.7 Å². The van der Waals surface area contributed by atoms with E-state index in [1.807, 2.05) is 24.3 Å². The number of nitrogens with one attached hydrogen (secondary N) is 2. The zero-order valence-electron chi connectivity index (χ0n) is 13.4. The summed E-state index contributed by atoms with van der Waals surface area (Å²) in [5.74, 6) is 1.18. The molecule has 124 valence electrons. The van der Waals surface area contributed by atoms with E-state index in [4.69, 9.17) is 4.63 Å². The van der Waals surface area contributed by atoms with Gasteiger partial charge in [-0.3, -0.25) is 4.79 Å². The van der Waals surface area contributed by atoms with Gasteiger partial charge >= 0.3 is 0 Å². The quantitative estimate of drug-likeness (QED) is 0.766. The number of fused-ring (bicyclic) bond motifs is 1. The Balaban J connectivity index is 1.88. The van der Waals surface area contributed by atoms with Crippen LogP contribution in [0.1, 0.15) is 38.3 Å². The normalized spacial score (nSPS) is 22.1. The Morgan fingerprint density at radius 1 is 1.25 bits per heavy atom. The van der Waals surface area contributed by atoms with Crippen molar-refractivity contribution in [2.45, 2.75) is 32.7 Å². The summed E-state index contributed by atoms with van der Waals surface area (Å²) in [4.78, 5) is 12.9. The highest BCUT2D eigenvalue weighted by Gasteiger charge is 2.39. The molecule has 0 spiro atoms. The fourth-order valence-corrected chi connectivity index (χ4v) is 3.85. The number of hydrogen-bond acceptors (Lipinski definition) is 6. The van der Waals surface area contributed by atoms with Gasteiger partial charge < -0.3 is 10.6 Å². The lowest BCUT2D eigenvalue weighted by Gasteiger charge is -2.34. The fourth-order valence-electron chi connectivity index (χ4n) is 3.43. The molecule has 0 bridgehead atoms. The molecule has 1 aliphatic carbocycles. The SMILES string of the molecule is CC1(C)CC(=O)C2=C(C1)Nc1nonc1NC2c1cccc(Br)c1. The molecule has 0 radical (unpaired) electrons. The number of carbonyl (C=O) groups is 1. The number of rotatable bonds is 1. The Morgan fingerprint density at radius 2 is 2.04 bits per heavy atom. The maximum Gasteiger partial charge on any atom is 0.219 e. The van der Waals surface area contributed by atoms with Gasteiger partial charge in [0.05, 0.1) is 6.04 Å². The molecule has 0 fully saturated rings. The molecule has 6 nitrogen and oxygen atoms in total. The van der Waals surface area contributed by atoms with Gasteiger partial charge in [0.2, 0.25) is 11.6 Å². The second kappa shape index (κ2) is 5.44. The van der Waals surface area contributed by atoms with Crippen molar-refractivity contribution in [2.24, 2.45) is 5.41 Å². The van der Waals surface area contributed by atoms with Crippen molar-refractivity contribution < 1.29 is 9.42 Å². The lowest BCUT2D eigenvalue weighted by Crippen LogP contribution is -2.31. The number of ketones is 1. The summed E-state index contributed by atoms with van der Waals surface area (Å²) in [6.45, 7) is 4.20. The van der Waals surface area contributed by atoms with Crippen LogP contribution in [0.15, 0.2) is 44.6 Å². The van der Waals surface area contributed by atoms with E-state index >= 15 is 0 Å². The molecule has 2 aliphatic rings. The molecule has 4 rings (SSSR count). The van der Waals surface area contributed by atoms with Crippen LogP contribution in [0.3, 0.4) is 0 Å². The summed E-state index contributed by atoms with van der Waals surface area (Å²) in [7, 11) is 0. The van der Waals surface area contributed by atoms with Gasteiger partial charge in [0.25, 0.3) is 0 Å². The summed E-state index contributed by atoms with van der Waals surface area (Å²) in [5.41, 5.74) is 2.55. The first kappa shape index (κ1) is 15.4. The van der Waals surface area contributed by atoms with E-state index in [-0.39, 0.29) is 17.2 Å². The molecule has 1 aromatic carbocycles. The van der Waals surface area contributed by atoms with Crippen LogP contribution in [-0.4, -0.2) is 16.1 Å². The zero-order valence-corrected chi connectivity index (χ0v) is 15.0. The highest BCUT2D eigenvalue weighted by atomic mass is 79.9. The molecule has 0 saturated carbocycles. The van der Waals surface area contributed by atoms with Gasteiger partial charge in [-0.05, 0) is 39.8 Å². The van der Waals surface area contributed by atoms with Crippen LogP contribution >= 0.6 is 15.9 Å². The average Bonchev–Trinajstić information content (AvgIpc) is 2.85. The van der Waals surface area contributed by atoms with Crippen LogP contribution in [0.2, 0.25) is 0 Å². The highest BCUT2D eigenvalue weighted by Crippen LogP contribution is 2.44. The van der Waals surface area contributed by atoms with Crippen molar-refractivity contribution in [3.63, 3.8) is 0 Å². The van der Waals surface area contributed by atoms with E-state index in [1.165, 1.54) is 0 Å². The molecule has 1 unspecified atom stereocenters. The number of nitrogens with zero attached hydrogens (tertiary/aromatic N) is 2. The third-order valence-corrected chi connectivity index (χ3v) is 4.92. The third-order valence-electron chi connectivity index (χ3n) is 4.43. The topological polar surface area (TPSA) is 80.1 Å². The van der Waals surface area contributed by atoms with Crippen molar-refractivity contribution in [3.05, 3.63) is 45.6 Å². The van der Waals surface area contributed by atoms with Gasteiger partial charge in [0.15, 0.2) is 5.78 Å². The third kappa shape index (κ3) is 2.62. The first-order valence-electron chi connectivity index (χ1n) is 7.81. The minimum Gasteiger partial charge on any atom is -0.353 e. The molecule has 2 aromatic rings. The molecule has 1 aromatic heterocycles. The van der Waals surface area contributed by atoms with Gasteiger partial charge in [-0.2, -0.15) is 0 Å². The van der Waals surface area contributed by atoms with E-state index in [0.717, 1.165) is 27.7 Å². The summed E-state index contributed by atoms with van der Waals surface area (Å²) < 4.78 is 5.81. The van der Waals surface area contributed by atoms with Crippen molar-refractivity contribution in [1.29, 1.82) is 0 Å². The van der Waals surface area contributed by atoms with Gasteiger partial charge in [0.1, 0.15) is 0 Å². The number of halogens is 1. The van der Waals surface area contributed by atoms with Crippen LogP contribution in [0.25, 0.3) is 0 Å². The Bertz CT molecular complexity index is 856. The van der Waals surface area contributed by atoms with Crippen molar-refractivity contribution >= 4 is 33.3 Å². The molecule has 1 aliphatic heterocycles. The summed E-state index contributed by atoms with van der Waals surface area (Å²) in [6, 6.07) is 7.63. The molecule has 1 atom stereocenters. The van der Waals surface area contributed by atoms with Gasteiger partial charge in [-0.15, -0.1) is 0 Å². The minimum absolute atomic E-state index is 0.0909. The molecule has 0 amide bonds. The molecule has 7 heteroatoms. The number of Topliss-reactive ketones (excluding diaryl/α,β-unsaturated/α-hetero) is 1. The lowest BCUT2D eigenvalue weighted by molar-refractivity contribution is -0.118. The van der Waals surface area contributed by atoms with Crippen LogP contribution in [0, 0.1) is 5.41 Å². The number of aromatic nitrogens is 2. The lowest BCUT2D eigenvalue weighted by atomic mass is 9.73. The van der Waals surface area contributed by atoms with Gasteiger partial charge in [0, 0.05) is 22.2 Å². The summed E-state index contributed by atoms with van der Waals surface area (Å²) in [6.07, 6.45) is 1.29. The molecule has 2 N–H and O–H groups in total. The van der Waals surface area contributed by atoms with Gasteiger partial charge in [-0.25, -0.2) is 4.63 Å². The average molecular weight is 389 g/mol. The van der Waals surface area contributed by atoms with Gasteiger partial charge in [-0.1, -0.05) is 41.9 Å². The second-order valence-electron chi connectivity index (χ2n) is 7.05. The van der Waals surface area contributed by atoms with Crippen LogP contribution in [0.4, 0.5) is 11.6 Å². The second-order valence-corrected chi connectivity index (χ2v) is 7.97. The van der Waals surface area contributed by atoms with E-state index in [0.29, 0.717) is 18.1 Å². The smallest absolute Gasteiger partial charge is 0.219 e. The molecule has 2 heterocycles. The number of hydrogen-bond donors (Lipinski definition) is 2. The van der Waals surface area contributed by atoms with E-state index in [9.17, 15) is 4.79 Å². The number of carbonyl (C=O) groups excluding carboxylic acids is 1. The van der Waals surface area contributed by atoms with Crippen LogP contribution in [0.5, 0.6) is 0 Å². The van der Waals surface area contributed by atoms with Crippen LogP contribution < -0.4 is 10.6 Å². The van der Waals surface area contributed by atoms with E-state index < -0.39 is 0 Å². The summed E-state index contributed by atoms with van der Waals surface area (Å²) >= 11 is 3.50. The maximum absolute atomic E-state index is 12.9. The number of allylic oxidation sites excluding steroid dienone is 1. The predicted molar refractivity (Wildman–Crippen MR) is 93.5 cm³/mol. The Morgan fingerprint density at radius 3 is 2.83 bits per heavy atom. The summed E-state index contributed by atoms with van der Waals surface area (Å²) in [5, 5.41) is 14.4. The zero-order chi connectivity index (χ0) is 16.9. The van der Waals surface area contributed by atoms with Crippen molar-refractivity contribution in [2.75, 3.05) is 10.6 Å². The van der Waals surface area contributed by atoms with E-state index in [1.54, 1.807) is 0 Å². The first-order chi connectivity index (χ1) is 11.4. The predicted octanol–water partition coefficient (Wildman–Crippen LogP) is 4.05. The largest absolute Gasteiger partial charge is 0.353 e. The highest BCUT2D eigenvalue weighted by molar-refractivity contribution is 9.10. The van der Waals surface area contributed by atoms with Crippen molar-refractivity contribution in [3.8, 4) is 0 Å². The molecule has 0 saturated heterocycles. The standard InChI is InChI=1S/C17H17BrN4O2/c1-17(2)7-11-13(12(23)8-17)14(9-4-3-5-10(18)6-9)20-16-15(19-11)21-24-22-16/h3-6,14H,7-8H2,1-2H3,(H,19,21)(H,20,22). The molecular weight excluding hydrogens is 372 g/mol. The molecular formula is C17H17BrN4O2. The first-order valence-corrected chi connectivity index (χ1v) is 8.60. The minimum atomic E-state index is -0.290. The number of benzene rings is 1. The fraction of sp³-hybridized carbons (Fsp3) is 0.353.